The third-order valence-electron chi connectivity index (χ3n) is 3.85. The van der Waals surface area contributed by atoms with Crippen molar-refractivity contribution < 1.29 is 17.9 Å². The topological polar surface area (TPSA) is 72.5 Å². The summed E-state index contributed by atoms with van der Waals surface area (Å²) in [7, 11) is -2.12. The molecule has 0 bridgehead atoms. The number of ether oxygens (including phenoxy) is 1. The van der Waals surface area contributed by atoms with E-state index in [0.29, 0.717) is 5.56 Å². The van der Waals surface area contributed by atoms with Crippen LogP contribution in [0.5, 0.6) is 0 Å². The first-order chi connectivity index (χ1) is 11.3. The summed E-state index contributed by atoms with van der Waals surface area (Å²) in [6.45, 7) is 3.52. The summed E-state index contributed by atoms with van der Waals surface area (Å²) in [5.41, 5.74) is 2.45. The molecule has 1 unspecified atom stereocenters. The van der Waals surface area contributed by atoms with Crippen LogP contribution in [0.4, 0.5) is 0 Å². The zero-order chi connectivity index (χ0) is 17.7. The molecule has 2 aromatic rings. The third-order valence-corrected chi connectivity index (χ3v) is 5.29. The van der Waals surface area contributed by atoms with Gasteiger partial charge in [0.25, 0.3) is 0 Å². The van der Waals surface area contributed by atoms with Gasteiger partial charge in [-0.1, -0.05) is 36.4 Å². The molecule has 0 radical (unpaired) electrons. The van der Waals surface area contributed by atoms with Gasteiger partial charge in [-0.15, -0.1) is 0 Å². The molecule has 0 amide bonds. The first kappa shape index (κ1) is 18.3. The van der Waals surface area contributed by atoms with E-state index >= 15 is 0 Å². The lowest BCUT2D eigenvalue weighted by Gasteiger charge is -2.18. The second-order valence-electron chi connectivity index (χ2n) is 5.51. The Bertz CT molecular complexity index is 813. The lowest BCUT2D eigenvalue weighted by molar-refractivity contribution is 0.101. The number of ketones is 1. The van der Waals surface area contributed by atoms with Gasteiger partial charge in [0, 0.05) is 19.2 Å². The zero-order valence-corrected chi connectivity index (χ0v) is 14.8. The predicted octanol–water partition coefficient (Wildman–Crippen LogP) is 2.86. The van der Waals surface area contributed by atoms with E-state index < -0.39 is 10.0 Å². The minimum Gasteiger partial charge on any atom is -0.375 e. The van der Waals surface area contributed by atoms with Gasteiger partial charge in [0.15, 0.2) is 5.78 Å². The molecular weight excluding hydrogens is 326 g/mol. The zero-order valence-electron chi connectivity index (χ0n) is 13.9. The number of nitrogens with one attached hydrogen (secondary N) is 1. The summed E-state index contributed by atoms with van der Waals surface area (Å²) in [6.07, 6.45) is -0.377. The number of aryl methyl sites for hydroxylation is 1. The standard InChI is InChI=1S/C18H21NO4S/c1-13-6-4-5-7-17(13)18(23-3)12-19-24(21,22)16-10-8-15(9-11-16)14(2)20/h4-11,18-19H,12H2,1-3H3. The highest BCUT2D eigenvalue weighted by molar-refractivity contribution is 7.89. The van der Waals surface area contributed by atoms with E-state index in [9.17, 15) is 13.2 Å². The van der Waals surface area contributed by atoms with Gasteiger partial charge in [0.1, 0.15) is 0 Å². The quantitative estimate of drug-likeness (QED) is 0.782. The molecule has 0 spiro atoms. The van der Waals surface area contributed by atoms with Gasteiger partial charge in [0.05, 0.1) is 11.0 Å². The van der Waals surface area contributed by atoms with Crippen LogP contribution in [0.25, 0.3) is 0 Å². The lowest BCUT2D eigenvalue weighted by atomic mass is 10.0. The molecule has 128 valence electrons. The molecule has 0 saturated heterocycles. The Balaban J connectivity index is 2.14. The van der Waals surface area contributed by atoms with Crippen LogP contribution in [-0.4, -0.2) is 27.9 Å². The van der Waals surface area contributed by atoms with Gasteiger partial charge in [-0.25, -0.2) is 13.1 Å². The first-order valence-corrected chi connectivity index (χ1v) is 9.02. The normalized spacial score (nSPS) is 12.8. The molecule has 0 aliphatic rings. The first-order valence-electron chi connectivity index (χ1n) is 7.54. The van der Waals surface area contributed by atoms with Crippen LogP contribution >= 0.6 is 0 Å². The molecule has 24 heavy (non-hydrogen) atoms. The average molecular weight is 347 g/mol. The van der Waals surface area contributed by atoms with Crippen molar-refractivity contribution in [2.24, 2.45) is 0 Å². The fourth-order valence-electron chi connectivity index (χ4n) is 2.41. The van der Waals surface area contributed by atoms with Crippen molar-refractivity contribution in [1.29, 1.82) is 0 Å². The number of sulfonamides is 1. The minimum atomic E-state index is -3.67. The number of carbonyl (C=O) groups is 1. The number of rotatable bonds is 7. The van der Waals surface area contributed by atoms with Crippen LogP contribution in [0.2, 0.25) is 0 Å². The van der Waals surface area contributed by atoms with Gasteiger partial charge in [-0.05, 0) is 37.1 Å². The van der Waals surface area contributed by atoms with Gasteiger partial charge < -0.3 is 4.74 Å². The van der Waals surface area contributed by atoms with E-state index in [2.05, 4.69) is 4.72 Å². The van der Waals surface area contributed by atoms with E-state index in [1.54, 1.807) is 7.11 Å². The predicted molar refractivity (Wildman–Crippen MR) is 92.6 cm³/mol. The minimum absolute atomic E-state index is 0.106. The van der Waals surface area contributed by atoms with Gasteiger partial charge in [-0.2, -0.15) is 0 Å². The summed E-state index contributed by atoms with van der Waals surface area (Å²) in [5, 5.41) is 0. The van der Waals surface area contributed by atoms with Crippen LogP contribution in [0, 0.1) is 6.92 Å². The van der Waals surface area contributed by atoms with Gasteiger partial charge in [-0.3, -0.25) is 4.79 Å². The molecule has 6 heteroatoms. The molecule has 1 atom stereocenters. The van der Waals surface area contributed by atoms with Gasteiger partial charge in [0.2, 0.25) is 10.0 Å². The molecule has 5 nitrogen and oxygen atoms in total. The maximum atomic E-state index is 12.4. The van der Waals surface area contributed by atoms with E-state index in [-0.39, 0.29) is 23.3 Å². The van der Waals surface area contributed by atoms with Gasteiger partial charge >= 0.3 is 0 Å². The molecular formula is C18H21NO4S. The summed E-state index contributed by atoms with van der Waals surface area (Å²) in [4.78, 5) is 11.4. The lowest BCUT2D eigenvalue weighted by Crippen LogP contribution is -2.29. The molecule has 2 rings (SSSR count). The van der Waals surface area contributed by atoms with Crippen molar-refractivity contribution in [3.05, 3.63) is 65.2 Å². The fraction of sp³-hybridized carbons (Fsp3) is 0.278. The monoisotopic (exact) mass is 347 g/mol. The van der Waals surface area contributed by atoms with E-state index in [1.807, 2.05) is 31.2 Å². The Morgan fingerprint density at radius 3 is 2.29 bits per heavy atom. The average Bonchev–Trinajstić information content (AvgIpc) is 2.57. The summed E-state index contributed by atoms with van der Waals surface area (Å²) < 4.78 is 32.8. The highest BCUT2D eigenvalue weighted by Gasteiger charge is 2.19. The molecule has 1 N–H and O–H groups in total. The maximum absolute atomic E-state index is 12.4. The van der Waals surface area contributed by atoms with Crippen LogP contribution in [0.15, 0.2) is 53.4 Å². The molecule has 2 aromatic carbocycles. The van der Waals surface area contributed by atoms with Crippen molar-refractivity contribution >= 4 is 15.8 Å². The SMILES string of the molecule is COC(CNS(=O)(=O)c1ccc(C(C)=O)cc1)c1ccccc1C. The number of hydrogen-bond acceptors (Lipinski definition) is 4. The van der Waals surface area contributed by atoms with Crippen LogP contribution in [-0.2, 0) is 14.8 Å². The largest absolute Gasteiger partial charge is 0.375 e. The Labute approximate surface area is 142 Å². The Kier molecular flexibility index (Phi) is 5.88. The Morgan fingerprint density at radius 1 is 1.12 bits per heavy atom. The van der Waals surface area contributed by atoms with Crippen molar-refractivity contribution in [2.45, 2.75) is 24.8 Å². The Morgan fingerprint density at radius 2 is 1.75 bits per heavy atom. The summed E-state index contributed by atoms with van der Waals surface area (Å²) >= 11 is 0. The molecule has 0 aromatic heterocycles. The number of benzene rings is 2. The van der Waals surface area contributed by atoms with Crippen molar-refractivity contribution in [2.75, 3.05) is 13.7 Å². The molecule has 0 heterocycles. The van der Waals surface area contributed by atoms with Crippen LogP contribution in [0.1, 0.15) is 34.5 Å². The van der Waals surface area contributed by atoms with E-state index in [1.165, 1.54) is 31.2 Å². The highest BCUT2D eigenvalue weighted by atomic mass is 32.2. The van der Waals surface area contributed by atoms with Crippen molar-refractivity contribution in [3.63, 3.8) is 0 Å². The van der Waals surface area contributed by atoms with Crippen molar-refractivity contribution in [3.8, 4) is 0 Å². The second kappa shape index (κ2) is 7.70. The molecule has 0 aliphatic heterocycles. The summed E-state index contributed by atoms with van der Waals surface area (Å²) in [5.74, 6) is -0.106. The van der Waals surface area contributed by atoms with E-state index in [4.69, 9.17) is 4.74 Å². The molecule has 0 saturated carbocycles. The number of Topliss-reactive ketones (excluding diaryl/α,β-unsaturated/α-hetero) is 1. The summed E-state index contributed by atoms with van der Waals surface area (Å²) in [6, 6.07) is 13.5. The molecule has 0 aliphatic carbocycles. The third kappa shape index (κ3) is 4.29. The number of carbonyl (C=O) groups excluding carboxylic acids is 1. The number of methoxy groups -OCH3 is 1. The smallest absolute Gasteiger partial charge is 0.240 e. The Hall–Kier alpha value is -2.02. The van der Waals surface area contributed by atoms with Crippen LogP contribution < -0.4 is 4.72 Å². The molecule has 0 fully saturated rings. The number of hydrogen-bond donors (Lipinski definition) is 1. The van der Waals surface area contributed by atoms with Crippen molar-refractivity contribution in [1.82, 2.24) is 4.72 Å². The second-order valence-corrected chi connectivity index (χ2v) is 7.28. The van der Waals surface area contributed by atoms with E-state index in [0.717, 1.165) is 11.1 Å². The fourth-order valence-corrected chi connectivity index (χ4v) is 3.44. The highest BCUT2D eigenvalue weighted by Crippen LogP contribution is 2.20. The van der Waals surface area contributed by atoms with Crippen LogP contribution in [0.3, 0.4) is 0 Å². The maximum Gasteiger partial charge on any atom is 0.240 e.